The second-order valence-corrected chi connectivity index (χ2v) is 4.60. The number of nitrogens with one attached hydrogen (secondary N) is 2. The molecule has 1 heterocycles. The molecule has 0 bridgehead atoms. The van der Waals surface area contributed by atoms with Crippen molar-refractivity contribution in [1.29, 1.82) is 0 Å². The van der Waals surface area contributed by atoms with Crippen molar-refractivity contribution < 1.29 is 4.39 Å². The highest BCUT2D eigenvalue weighted by Crippen LogP contribution is 2.17. The average Bonchev–Trinajstić information content (AvgIpc) is 2.43. The van der Waals surface area contributed by atoms with Crippen LogP contribution in [0, 0.1) is 5.92 Å². The van der Waals surface area contributed by atoms with E-state index in [1.54, 1.807) is 26.1 Å². The number of allylic oxidation sites excluding steroid dienone is 3. The summed E-state index contributed by atoms with van der Waals surface area (Å²) in [7, 11) is 0. The van der Waals surface area contributed by atoms with Crippen LogP contribution in [0.1, 0.15) is 33.6 Å². The van der Waals surface area contributed by atoms with Crippen LogP contribution in [0.15, 0.2) is 28.3 Å². The second kappa shape index (κ2) is 8.03. The zero-order valence-electron chi connectivity index (χ0n) is 11.6. The van der Waals surface area contributed by atoms with Crippen molar-refractivity contribution in [3.63, 3.8) is 0 Å². The summed E-state index contributed by atoms with van der Waals surface area (Å²) in [4.78, 5) is 4.09. The lowest BCUT2D eigenvalue weighted by Gasteiger charge is -2.23. The largest absolute Gasteiger partial charge is 0.367 e. The Morgan fingerprint density at radius 3 is 2.61 bits per heavy atom. The summed E-state index contributed by atoms with van der Waals surface area (Å²) in [6.07, 6.45) is 5.65. The molecule has 102 valence electrons. The number of rotatable bonds is 5. The van der Waals surface area contributed by atoms with E-state index in [9.17, 15) is 4.39 Å². The summed E-state index contributed by atoms with van der Waals surface area (Å²) in [6, 6.07) is 0. The summed E-state index contributed by atoms with van der Waals surface area (Å²) >= 11 is 0. The van der Waals surface area contributed by atoms with E-state index in [4.69, 9.17) is 0 Å². The van der Waals surface area contributed by atoms with Crippen LogP contribution in [0.3, 0.4) is 0 Å². The maximum absolute atomic E-state index is 14.0. The van der Waals surface area contributed by atoms with Gasteiger partial charge in [0.05, 0.1) is 0 Å². The molecular formula is C14H24FN3. The third-order valence-corrected chi connectivity index (χ3v) is 3.26. The Kier molecular flexibility index (Phi) is 6.65. The number of aliphatic imine (C=N–C) groups is 1. The molecule has 0 amide bonds. The van der Waals surface area contributed by atoms with E-state index in [1.807, 2.05) is 6.92 Å². The van der Waals surface area contributed by atoms with Gasteiger partial charge in [0.1, 0.15) is 0 Å². The van der Waals surface area contributed by atoms with Crippen molar-refractivity contribution >= 4 is 6.21 Å². The molecular weight excluding hydrogens is 229 g/mol. The molecule has 0 spiro atoms. The van der Waals surface area contributed by atoms with E-state index < -0.39 is 0 Å². The first-order valence-corrected chi connectivity index (χ1v) is 6.65. The SMILES string of the molecule is C\C=N/C(NCC1CCNCC1)=C(F)\C(C)=C/C. The van der Waals surface area contributed by atoms with E-state index in [2.05, 4.69) is 15.6 Å². The van der Waals surface area contributed by atoms with E-state index in [0.717, 1.165) is 32.5 Å². The Labute approximate surface area is 109 Å². The van der Waals surface area contributed by atoms with Crippen molar-refractivity contribution in [3.8, 4) is 0 Å². The first-order valence-electron chi connectivity index (χ1n) is 6.65. The van der Waals surface area contributed by atoms with Gasteiger partial charge in [0.25, 0.3) is 0 Å². The topological polar surface area (TPSA) is 36.4 Å². The summed E-state index contributed by atoms with van der Waals surface area (Å²) in [5.41, 5.74) is 0.619. The summed E-state index contributed by atoms with van der Waals surface area (Å²) in [5.74, 6) is 0.697. The fraction of sp³-hybridized carbons (Fsp3) is 0.643. The van der Waals surface area contributed by atoms with Crippen molar-refractivity contribution in [2.75, 3.05) is 19.6 Å². The van der Waals surface area contributed by atoms with Crippen LogP contribution in [-0.4, -0.2) is 25.8 Å². The van der Waals surface area contributed by atoms with Gasteiger partial charge in [0.15, 0.2) is 11.6 Å². The van der Waals surface area contributed by atoms with Gasteiger partial charge in [0.2, 0.25) is 0 Å². The van der Waals surface area contributed by atoms with Gasteiger partial charge in [-0.05, 0) is 58.2 Å². The molecule has 0 aromatic rings. The normalized spacial score (nSPS) is 20.1. The Bertz CT molecular complexity index is 339. The molecule has 0 aromatic carbocycles. The predicted octanol–water partition coefficient (Wildman–Crippen LogP) is 2.77. The molecule has 4 heteroatoms. The fourth-order valence-corrected chi connectivity index (χ4v) is 1.95. The van der Waals surface area contributed by atoms with Crippen LogP contribution >= 0.6 is 0 Å². The number of hydrogen-bond acceptors (Lipinski definition) is 3. The van der Waals surface area contributed by atoms with Crippen molar-refractivity contribution in [3.05, 3.63) is 23.3 Å². The fourth-order valence-electron chi connectivity index (χ4n) is 1.95. The third-order valence-electron chi connectivity index (χ3n) is 3.26. The standard InChI is InChI=1S/C14H24FN3/c1-4-11(3)13(15)14(17-5-2)18-10-12-6-8-16-9-7-12/h4-5,12,16,18H,6-10H2,1-3H3/b11-4-,14-13-,17-5-. The molecule has 18 heavy (non-hydrogen) atoms. The highest BCUT2D eigenvalue weighted by molar-refractivity contribution is 5.55. The zero-order valence-corrected chi connectivity index (χ0v) is 11.6. The van der Waals surface area contributed by atoms with Crippen molar-refractivity contribution in [2.24, 2.45) is 10.9 Å². The zero-order chi connectivity index (χ0) is 13.4. The van der Waals surface area contributed by atoms with E-state index >= 15 is 0 Å². The van der Waals surface area contributed by atoms with Gasteiger partial charge in [-0.15, -0.1) is 0 Å². The summed E-state index contributed by atoms with van der Waals surface area (Å²) < 4.78 is 14.0. The third kappa shape index (κ3) is 4.61. The number of halogens is 1. The van der Waals surface area contributed by atoms with E-state index in [-0.39, 0.29) is 5.83 Å². The van der Waals surface area contributed by atoms with Gasteiger partial charge in [0, 0.05) is 12.8 Å². The van der Waals surface area contributed by atoms with Gasteiger partial charge < -0.3 is 10.6 Å². The lowest BCUT2D eigenvalue weighted by Crippen LogP contribution is -2.33. The van der Waals surface area contributed by atoms with Gasteiger partial charge in [-0.25, -0.2) is 9.38 Å². The molecule has 1 aliphatic rings. The van der Waals surface area contributed by atoms with Crippen LogP contribution in [0.25, 0.3) is 0 Å². The Balaban J connectivity index is 2.62. The molecule has 3 nitrogen and oxygen atoms in total. The van der Waals surface area contributed by atoms with Crippen LogP contribution in [-0.2, 0) is 0 Å². The second-order valence-electron chi connectivity index (χ2n) is 4.60. The molecule has 1 saturated heterocycles. The molecule has 0 saturated carbocycles. The smallest absolute Gasteiger partial charge is 0.167 e. The van der Waals surface area contributed by atoms with Gasteiger partial charge in [-0.3, -0.25) is 0 Å². The summed E-state index contributed by atoms with van der Waals surface area (Å²) in [6.45, 7) is 8.28. The lowest BCUT2D eigenvalue weighted by molar-refractivity contribution is 0.364. The molecule has 1 rings (SSSR count). The summed E-state index contributed by atoms with van der Waals surface area (Å²) in [5, 5.41) is 6.47. The van der Waals surface area contributed by atoms with Crippen LogP contribution in [0.2, 0.25) is 0 Å². The van der Waals surface area contributed by atoms with Crippen molar-refractivity contribution in [2.45, 2.75) is 33.6 Å². The minimum atomic E-state index is -0.260. The molecule has 1 fully saturated rings. The highest BCUT2D eigenvalue weighted by Gasteiger charge is 2.14. The van der Waals surface area contributed by atoms with E-state index in [1.165, 1.54) is 0 Å². The van der Waals surface area contributed by atoms with Gasteiger partial charge in [-0.2, -0.15) is 0 Å². The number of hydrogen-bond donors (Lipinski definition) is 2. The maximum atomic E-state index is 14.0. The molecule has 0 radical (unpaired) electrons. The minimum Gasteiger partial charge on any atom is -0.367 e. The number of nitrogens with zero attached hydrogens (tertiary/aromatic N) is 1. The Morgan fingerprint density at radius 1 is 1.39 bits per heavy atom. The van der Waals surface area contributed by atoms with Gasteiger partial charge >= 0.3 is 0 Å². The average molecular weight is 253 g/mol. The first-order chi connectivity index (χ1) is 8.69. The van der Waals surface area contributed by atoms with Crippen LogP contribution in [0.4, 0.5) is 4.39 Å². The van der Waals surface area contributed by atoms with Crippen LogP contribution in [0.5, 0.6) is 0 Å². The molecule has 1 aliphatic heterocycles. The molecule has 0 aliphatic carbocycles. The highest BCUT2D eigenvalue weighted by atomic mass is 19.1. The van der Waals surface area contributed by atoms with E-state index in [0.29, 0.717) is 17.3 Å². The Hall–Kier alpha value is -1.16. The monoisotopic (exact) mass is 253 g/mol. The lowest BCUT2D eigenvalue weighted by atomic mass is 9.98. The molecule has 0 unspecified atom stereocenters. The van der Waals surface area contributed by atoms with Gasteiger partial charge in [-0.1, -0.05) is 6.08 Å². The minimum absolute atomic E-state index is 0.260. The predicted molar refractivity (Wildman–Crippen MR) is 75.3 cm³/mol. The molecule has 2 N–H and O–H groups in total. The quantitative estimate of drug-likeness (QED) is 0.584. The van der Waals surface area contributed by atoms with Crippen LogP contribution < -0.4 is 10.6 Å². The maximum Gasteiger partial charge on any atom is 0.167 e. The number of piperidine rings is 1. The first kappa shape index (κ1) is 14.9. The molecule has 0 aromatic heterocycles. The van der Waals surface area contributed by atoms with Crippen molar-refractivity contribution in [1.82, 2.24) is 10.6 Å². The Morgan fingerprint density at radius 2 is 2.06 bits per heavy atom. The molecule has 0 atom stereocenters.